The average Bonchev–Trinajstić information content (AvgIpc) is 4.02. The summed E-state index contributed by atoms with van der Waals surface area (Å²) in [5.41, 5.74) is 5.35. The van der Waals surface area contributed by atoms with Crippen molar-refractivity contribution in [2.75, 3.05) is 39.5 Å². The van der Waals surface area contributed by atoms with E-state index < -0.39 is 35.4 Å². The third-order valence-electron chi connectivity index (χ3n) is 11.4. The molecule has 0 unspecified atom stereocenters. The Balaban J connectivity index is 0.820. The molecule has 61 heavy (non-hydrogen) atoms. The molecule has 0 saturated carbocycles. The summed E-state index contributed by atoms with van der Waals surface area (Å²) in [6, 6.07) is 14.3. The van der Waals surface area contributed by atoms with Gasteiger partial charge >= 0.3 is 6.18 Å². The molecule has 7 rings (SSSR count). The number of aromatic nitrogens is 4. The first-order chi connectivity index (χ1) is 29.2. The molecule has 0 aliphatic carbocycles. The Bertz CT molecular complexity index is 2190. The van der Waals surface area contributed by atoms with Crippen molar-refractivity contribution in [3.8, 4) is 16.2 Å². The molecular formula is C43H52F3N9O5S. The minimum atomic E-state index is -4.62. The quantitative estimate of drug-likeness (QED) is 0.155. The molecule has 0 radical (unpaired) electrons. The molecule has 326 valence electrons. The van der Waals surface area contributed by atoms with Crippen molar-refractivity contribution in [2.24, 2.45) is 10.5 Å². The zero-order valence-electron chi connectivity index (χ0n) is 34.8. The van der Waals surface area contributed by atoms with Gasteiger partial charge in [-0.2, -0.15) is 22.9 Å². The van der Waals surface area contributed by atoms with Gasteiger partial charge in [0.1, 0.15) is 36.9 Å². The summed E-state index contributed by atoms with van der Waals surface area (Å²) in [6.07, 6.45) is -0.856. The summed E-state index contributed by atoms with van der Waals surface area (Å²) in [7, 11) is 0. The number of likely N-dealkylation sites (tertiary alicyclic amines) is 2. The summed E-state index contributed by atoms with van der Waals surface area (Å²) in [4.78, 5) is 49.4. The van der Waals surface area contributed by atoms with Gasteiger partial charge in [0.15, 0.2) is 5.82 Å². The fourth-order valence-electron chi connectivity index (χ4n) is 8.03. The van der Waals surface area contributed by atoms with Gasteiger partial charge in [0.25, 0.3) is 5.82 Å². The minimum absolute atomic E-state index is 0.148. The fourth-order valence-corrected chi connectivity index (χ4v) is 8.84. The van der Waals surface area contributed by atoms with Gasteiger partial charge in [-0.3, -0.25) is 14.4 Å². The fraction of sp³-hybridized carbons (Fsp3) is 0.512. The molecular weight excluding hydrogens is 812 g/mol. The van der Waals surface area contributed by atoms with E-state index in [1.54, 1.807) is 16.2 Å². The number of benzene rings is 2. The van der Waals surface area contributed by atoms with Crippen molar-refractivity contribution in [1.29, 1.82) is 0 Å². The first kappa shape index (κ1) is 43.7. The molecule has 3 amide bonds. The zero-order valence-corrected chi connectivity index (χ0v) is 35.7. The molecule has 2 aromatic carbocycles. The molecule has 4 aromatic rings. The van der Waals surface area contributed by atoms with E-state index in [1.165, 1.54) is 0 Å². The third-order valence-corrected chi connectivity index (χ3v) is 12.4. The van der Waals surface area contributed by atoms with Gasteiger partial charge in [-0.1, -0.05) is 57.2 Å². The van der Waals surface area contributed by atoms with Crippen molar-refractivity contribution in [1.82, 2.24) is 40.3 Å². The lowest BCUT2D eigenvalue weighted by Crippen LogP contribution is -2.58. The highest BCUT2D eigenvalue weighted by atomic mass is 32.1. The van der Waals surface area contributed by atoms with Crippen molar-refractivity contribution >= 4 is 34.9 Å². The lowest BCUT2D eigenvalue weighted by atomic mass is 9.85. The zero-order chi connectivity index (χ0) is 43.3. The predicted molar refractivity (Wildman–Crippen MR) is 223 cm³/mol. The molecule has 2 atom stereocenters. The first-order valence-corrected chi connectivity index (χ1v) is 21.6. The second-order valence-corrected chi connectivity index (χ2v) is 17.6. The highest BCUT2D eigenvalue weighted by Crippen LogP contribution is 2.33. The number of thiazole rings is 1. The largest absolute Gasteiger partial charge is 0.491 e. The van der Waals surface area contributed by atoms with E-state index in [2.05, 4.69) is 35.8 Å². The van der Waals surface area contributed by atoms with Crippen LogP contribution in [0.25, 0.3) is 10.4 Å². The normalized spacial score (nSPS) is 17.8. The molecule has 3 aliphatic rings. The van der Waals surface area contributed by atoms with Crippen molar-refractivity contribution < 1.29 is 37.0 Å². The maximum Gasteiger partial charge on any atom is 0.453 e. The highest BCUT2D eigenvalue weighted by molar-refractivity contribution is 7.13. The van der Waals surface area contributed by atoms with Gasteiger partial charge in [-0.15, -0.1) is 21.5 Å². The number of nitrogens with one attached hydrogen (secondary N) is 2. The Labute approximate surface area is 356 Å². The van der Waals surface area contributed by atoms with Crippen LogP contribution in [0.5, 0.6) is 5.75 Å². The maximum absolute atomic E-state index is 13.9. The van der Waals surface area contributed by atoms with Gasteiger partial charge in [0.05, 0.1) is 22.7 Å². The van der Waals surface area contributed by atoms with E-state index in [-0.39, 0.29) is 37.5 Å². The van der Waals surface area contributed by atoms with Crippen LogP contribution in [-0.2, 0) is 38.3 Å². The van der Waals surface area contributed by atoms with E-state index in [4.69, 9.17) is 9.47 Å². The summed E-state index contributed by atoms with van der Waals surface area (Å²) < 4.78 is 52.4. The van der Waals surface area contributed by atoms with Crippen LogP contribution < -0.4 is 15.4 Å². The van der Waals surface area contributed by atoms with Gasteiger partial charge < -0.3 is 29.9 Å². The number of fused-ring (bicyclic) bond motifs is 1. The minimum Gasteiger partial charge on any atom is -0.491 e. The van der Waals surface area contributed by atoms with Crippen LogP contribution >= 0.6 is 11.3 Å². The van der Waals surface area contributed by atoms with Crippen LogP contribution in [0.1, 0.15) is 87.3 Å². The molecule has 0 bridgehead atoms. The maximum atomic E-state index is 13.9. The number of nitrogens with zero attached hydrogens (tertiary/aromatic N) is 7. The Kier molecular flexibility index (Phi) is 13.4. The van der Waals surface area contributed by atoms with E-state index >= 15 is 0 Å². The van der Waals surface area contributed by atoms with Crippen LogP contribution in [0.2, 0.25) is 0 Å². The van der Waals surface area contributed by atoms with Gasteiger partial charge in [0.2, 0.25) is 17.7 Å². The molecule has 18 heteroatoms. The number of rotatable bonds is 13. The summed E-state index contributed by atoms with van der Waals surface area (Å²) >= 11 is 1.59. The summed E-state index contributed by atoms with van der Waals surface area (Å²) in [5, 5.41) is 17.1. The Morgan fingerprint density at radius 2 is 1.67 bits per heavy atom. The Morgan fingerprint density at radius 3 is 2.34 bits per heavy atom. The van der Waals surface area contributed by atoms with Crippen molar-refractivity contribution in [3.63, 3.8) is 0 Å². The summed E-state index contributed by atoms with van der Waals surface area (Å²) in [5.74, 6) is -0.273. The topological polar surface area (TPSA) is 156 Å². The van der Waals surface area contributed by atoms with Crippen molar-refractivity contribution in [3.05, 3.63) is 82.5 Å². The number of piperidine rings is 1. The number of aryl methyl sites for hydroxylation is 2. The van der Waals surface area contributed by atoms with Gasteiger partial charge in [-0.05, 0) is 72.8 Å². The van der Waals surface area contributed by atoms with E-state index in [0.717, 1.165) is 44.8 Å². The molecule has 5 heterocycles. The smallest absolute Gasteiger partial charge is 0.453 e. The highest BCUT2D eigenvalue weighted by Gasteiger charge is 2.42. The standard InChI is InChI=1S/C43H52F3N9O5S/c1-27-37(61-26-48-27)31-9-7-28(8-10-31)24-47-39(57)33-6-5-19-54(33)40(58)38(42(2,3)4)49-36(56)25-59-22-23-60-32-13-11-29(12-14-32)30-17-20-53(21-18-30)35-16-15-34-50-51-41(43(44,45)46)55(34)52-35/h7-14,26,30,33,38H,5-6,15-25H2,1-4H3,(H,47,57)(H,49,56)/t33-,38+/m0/s1. The number of carbonyl (C=O) groups is 3. The van der Waals surface area contributed by atoms with Crippen LogP contribution in [0.15, 0.2) is 59.1 Å². The third kappa shape index (κ3) is 10.6. The molecule has 14 nitrogen and oxygen atoms in total. The first-order valence-electron chi connectivity index (χ1n) is 20.7. The van der Waals surface area contributed by atoms with Crippen LogP contribution in [0, 0.1) is 12.3 Å². The second-order valence-electron chi connectivity index (χ2n) is 16.7. The van der Waals surface area contributed by atoms with Crippen LogP contribution in [0.3, 0.4) is 0 Å². The van der Waals surface area contributed by atoms with Gasteiger partial charge in [-0.25, -0.2) is 4.98 Å². The Hall–Kier alpha value is -5.36. The van der Waals surface area contributed by atoms with Crippen LogP contribution in [0.4, 0.5) is 13.2 Å². The molecule has 2 fully saturated rings. The molecule has 3 aliphatic heterocycles. The monoisotopic (exact) mass is 863 g/mol. The number of amides is 3. The molecule has 0 spiro atoms. The predicted octanol–water partition coefficient (Wildman–Crippen LogP) is 5.95. The van der Waals surface area contributed by atoms with E-state index in [0.29, 0.717) is 69.4 Å². The Morgan fingerprint density at radius 1 is 0.934 bits per heavy atom. The number of hydrogen-bond acceptors (Lipinski definition) is 11. The number of hydrogen-bond donors (Lipinski definition) is 2. The lowest BCUT2D eigenvalue weighted by Gasteiger charge is -2.35. The number of amidine groups is 1. The second kappa shape index (κ2) is 18.7. The van der Waals surface area contributed by atoms with Crippen molar-refractivity contribution in [2.45, 2.75) is 96.9 Å². The SMILES string of the molecule is Cc1ncsc1-c1ccc(CNC(=O)[C@@H]2CCCN2C(=O)[C@@H](NC(=O)COCCOc2ccc(C3CCN(C4=Nn5c(nnc5C(F)(F)F)CC4)CC3)cc2)C(C)(C)C)cc1. The van der Waals surface area contributed by atoms with Gasteiger partial charge in [0, 0.05) is 39.0 Å². The number of alkyl halides is 3. The van der Waals surface area contributed by atoms with E-state index in [9.17, 15) is 27.6 Å². The number of ether oxygens (including phenoxy) is 2. The van der Waals surface area contributed by atoms with Crippen LogP contribution in [-0.4, -0.2) is 105 Å². The number of halogens is 3. The lowest BCUT2D eigenvalue weighted by molar-refractivity contribution is -0.147. The molecule has 2 N–H and O–H groups in total. The molecule has 2 aromatic heterocycles. The average molecular weight is 864 g/mol. The molecule has 2 saturated heterocycles. The summed E-state index contributed by atoms with van der Waals surface area (Å²) in [6.45, 7) is 9.82. The van der Waals surface area contributed by atoms with E-state index in [1.807, 2.05) is 81.7 Å². The number of carbonyl (C=O) groups excluding carboxylic acids is 3.